The second-order valence-electron chi connectivity index (χ2n) is 7.60. The van der Waals surface area contributed by atoms with Gasteiger partial charge in [0.05, 0.1) is 11.1 Å². The molecule has 1 fully saturated rings. The van der Waals surface area contributed by atoms with Crippen LogP contribution in [0.15, 0.2) is 29.6 Å². The topological polar surface area (TPSA) is 58.6 Å². The minimum Gasteiger partial charge on any atom is -0.467 e. The number of hydrogen-bond acceptors (Lipinski definition) is 4. The molecule has 0 unspecified atom stereocenters. The summed E-state index contributed by atoms with van der Waals surface area (Å²) in [4.78, 5) is 28.8. The second-order valence-corrected chi connectivity index (χ2v) is 8.56. The van der Waals surface area contributed by atoms with Crippen molar-refractivity contribution in [3.05, 3.63) is 51.2 Å². The van der Waals surface area contributed by atoms with Crippen molar-refractivity contribution in [1.29, 1.82) is 0 Å². The van der Waals surface area contributed by atoms with Gasteiger partial charge in [-0.3, -0.25) is 9.59 Å². The molecule has 1 spiro atoms. The van der Waals surface area contributed by atoms with Gasteiger partial charge in [0.15, 0.2) is 5.72 Å². The summed E-state index contributed by atoms with van der Waals surface area (Å²) in [5.74, 6) is 0.670. The quantitative estimate of drug-likeness (QED) is 0.823. The molecule has 1 N–H and O–H groups in total. The van der Waals surface area contributed by atoms with E-state index in [9.17, 15) is 9.59 Å². The van der Waals surface area contributed by atoms with Crippen LogP contribution in [-0.2, 0) is 12.8 Å². The van der Waals surface area contributed by atoms with Crippen molar-refractivity contribution in [2.75, 3.05) is 13.1 Å². The van der Waals surface area contributed by atoms with Crippen LogP contribution in [0.4, 0.5) is 0 Å². The van der Waals surface area contributed by atoms with Gasteiger partial charge in [0.25, 0.3) is 11.8 Å². The van der Waals surface area contributed by atoms with Gasteiger partial charge in [-0.15, -0.1) is 11.3 Å². The van der Waals surface area contributed by atoms with E-state index in [0.29, 0.717) is 37.2 Å². The average molecular weight is 382 g/mol. The van der Waals surface area contributed by atoms with Crippen LogP contribution in [0, 0.1) is 0 Å². The van der Waals surface area contributed by atoms with Crippen molar-refractivity contribution in [3.8, 4) is 5.75 Å². The number of likely N-dealkylation sites (tertiary alicyclic amines) is 1. The number of aryl methyl sites for hydroxylation is 1. The Hall–Kier alpha value is -2.34. The maximum absolute atomic E-state index is 13.1. The molecule has 5 rings (SSSR count). The van der Waals surface area contributed by atoms with Gasteiger partial charge in [0, 0.05) is 36.2 Å². The lowest BCUT2D eigenvalue weighted by atomic mass is 9.93. The third-order valence-corrected chi connectivity index (χ3v) is 7.02. The van der Waals surface area contributed by atoms with E-state index < -0.39 is 5.72 Å². The van der Waals surface area contributed by atoms with Gasteiger partial charge in [-0.2, -0.15) is 0 Å². The van der Waals surface area contributed by atoms with Gasteiger partial charge in [-0.1, -0.05) is 12.1 Å². The van der Waals surface area contributed by atoms with Crippen LogP contribution in [-0.4, -0.2) is 35.5 Å². The summed E-state index contributed by atoms with van der Waals surface area (Å²) in [6, 6.07) is 7.33. The van der Waals surface area contributed by atoms with Gasteiger partial charge >= 0.3 is 0 Å². The van der Waals surface area contributed by atoms with E-state index in [1.807, 2.05) is 28.5 Å². The molecule has 0 radical (unpaired) electrons. The monoisotopic (exact) mass is 382 g/mol. The highest BCUT2D eigenvalue weighted by molar-refractivity contribution is 7.10. The summed E-state index contributed by atoms with van der Waals surface area (Å²) in [5.41, 5.74) is 2.04. The summed E-state index contributed by atoms with van der Waals surface area (Å²) in [6.07, 6.45) is 5.73. The number of piperidine rings is 1. The molecule has 140 valence electrons. The Kier molecular flexibility index (Phi) is 3.97. The van der Waals surface area contributed by atoms with Crippen LogP contribution in [0.1, 0.15) is 56.8 Å². The number of rotatable bonds is 1. The van der Waals surface area contributed by atoms with Gasteiger partial charge in [0.1, 0.15) is 5.75 Å². The van der Waals surface area contributed by atoms with Gasteiger partial charge < -0.3 is 15.0 Å². The molecule has 1 saturated heterocycles. The number of amides is 2. The number of fused-ring (bicyclic) bond motifs is 2. The Bertz CT molecular complexity index is 912. The Morgan fingerprint density at radius 1 is 1.15 bits per heavy atom. The number of thiophene rings is 1. The normalized spacial score (nSPS) is 20.4. The molecule has 27 heavy (non-hydrogen) atoms. The third kappa shape index (κ3) is 2.83. The van der Waals surface area contributed by atoms with Crippen molar-refractivity contribution in [2.45, 2.75) is 44.2 Å². The van der Waals surface area contributed by atoms with E-state index in [2.05, 4.69) is 5.32 Å². The first kappa shape index (κ1) is 16.8. The lowest BCUT2D eigenvalue weighted by Crippen LogP contribution is -2.61. The number of ether oxygens (including phenoxy) is 1. The van der Waals surface area contributed by atoms with Crippen molar-refractivity contribution >= 4 is 23.2 Å². The largest absolute Gasteiger partial charge is 0.467 e. The fourth-order valence-electron chi connectivity index (χ4n) is 4.40. The summed E-state index contributed by atoms with van der Waals surface area (Å²) >= 11 is 1.73. The molecule has 2 amide bonds. The predicted molar refractivity (Wildman–Crippen MR) is 103 cm³/mol. The van der Waals surface area contributed by atoms with E-state index in [1.165, 1.54) is 23.3 Å². The molecule has 1 aromatic heterocycles. The first-order valence-corrected chi connectivity index (χ1v) is 10.5. The van der Waals surface area contributed by atoms with Gasteiger partial charge in [-0.05, 0) is 43.4 Å². The van der Waals surface area contributed by atoms with Crippen LogP contribution in [0.5, 0.6) is 5.75 Å². The number of carbonyl (C=O) groups is 2. The van der Waals surface area contributed by atoms with Crippen LogP contribution in [0.2, 0.25) is 0 Å². The van der Waals surface area contributed by atoms with Crippen molar-refractivity contribution in [1.82, 2.24) is 10.2 Å². The number of carbonyl (C=O) groups excluding carboxylic acids is 2. The zero-order valence-electron chi connectivity index (χ0n) is 15.1. The Morgan fingerprint density at radius 3 is 2.78 bits per heavy atom. The molecule has 2 aliphatic heterocycles. The van der Waals surface area contributed by atoms with E-state index >= 15 is 0 Å². The van der Waals surface area contributed by atoms with E-state index in [-0.39, 0.29) is 11.8 Å². The zero-order chi connectivity index (χ0) is 18.4. The Balaban J connectivity index is 1.31. The molecule has 0 saturated carbocycles. The van der Waals surface area contributed by atoms with Gasteiger partial charge in [0.2, 0.25) is 0 Å². The Morgan fingerprint density at radius 2 is 1.93 bits per heavy atom. The van der Waals surface area contributed by atoms with Crippen LogP contribution in [0.25, 0.3) is 0 Å². The molecule has 6 heteroatoms. The minimum absolute atomic E-state index is 0.0940. The fourth-order valence-corrected chi connectivity index (χ4v) is 5.51. The van der Waals surface area contributed by atoms with E-state index in [0.717, 1.165) is 18.4 Å². The molecule has 1 aliphatic carbocycles. The summed E-state index contributed by atoms with van der Waals surface area (Å²) < 4.78 is 6.17. The standard InChI is InChI=1S/C21H22N2O3S/c24-19-15-6-1-3-7-17(15)26-21(22-19)9-11-23(12-10-21)20(25)16-13-27-18-8-4-2-5-14(16)18/h1,3,6-7,13H,2,4-5,8-12H2,(H,22,24). The molecule has 3 heterocycles. The maximum atomic E-state index is 13.1. The molecular weight excluding hydrogens is 360 g/mol. The number of hydrogen-bond donors (Lipinski definition) is 1. The Labute approximate surface area is 162 Å². The van der Waals surface area contributed by atoms with Crippen LogP contribution < -0.4 is 10.1 Å². The maximum Gasteiger partial charge on any atom is 0.258 e. The molecule has 2 aromatic rings. The highest BCUT2D eigenvalue weighted by Crippen LogP contribution is 2.35. The lowest BCUT2D eigenvalue weighted by molar-refractivity contribution is -0.0245. The molecule has 5 nitrogen and oxygen atoms in total. The minimum atomic E-state index is -0.698. The van der Waals surface area contributed by atoms with Crippen molar-refractivity contribution in [2.24, 2.45) is 0 Å². The number of nitrogens with one attached hydrogen (secondary N) is 1. The van der Waals surface area contributed by atoms with E-state index in [1.54, 1.807) is 17.4 Å². The smallest absolute Gasteiger partial charge is 0.258 e. The number of para-hydroxylation sites is 1. The highest BCUT2D eigenvalue weighted by Gasteiger charge is 2.43. The lowest BCUT2D eigenvalue weighted by Gasteiger charge is -2.44. The molecule has 0 atom stereocenters. The predicted octanol–water partition coefficient (Wildman–Crippen LogP) is 3.38. The summed E-state index contributed by atoms with van der Waals surface area (Å²) in [5, 5.41) is 5.07. The van der Waals surface area contributed by atoms with Crippen LogP contribution >= 0.6 is 11.3 Å². The molecule has 1 aromatic carbocycles. The first-order chi connectivity index (χ1) is 13.2. The fraction of sp³-hybridized carbons (Fsp3) is 0.429. The second kappa shape index (κ2) is 6.37. The van der Waals surface area contributed by atoms with Crippen LogP contribution in [0.3, 0.4) is 0 Å². The molecule has 0 bridgehead atoms. The third-order valence-electron chi connectivity index (χ3n) is 5.93. The first-order valence-electron chi connectivity index (χ1n) is 9.64. The van der Waals surface area contributed by atoms with E-state index in [4.69, 9.17) is 4.74 Å². The highest BCUT2D eigenvalue weighted by atomic mass is 32.1. The molecular formula is C21H22N2O3S. The van der Waals surface area contributed by atoms with Crippen molar-refractivity contribution < 1.29 is 14.3 Å². The number of nitrogens with zero attached hydrogens (tertiary/aromatic N) is 1. The molecule has 3 aliphatic rings. The van der Waals surface area contributed by atoms with Crippen molar-refractivity contribution in [3.63, 3.8) is 0 Å². The SMILES string of the molecule is O=C1NC2(CCN(C(=O)c3csc4c3CCCC4)CC2)Oc2ccccc21. The summed E-state index contributed by atoms with van der Waals surface area (Å²) in [7, 11) is 0. The average Bonchev–Trinajstić information content (AvgIpc) is 3.12. The number of benzene rings is 1. The zero-order valence-corrected chi connectivity index (χ0v) is 15.9. The van der Waals surface area contributed by atoms with Gasteiger partial charge in [-0.25, -0.2) is 0 Å². The summed E-state index contributed by atoms with van der Waals surface area (Å²) in [6.45, 7) is 1.18.